The van der Waals surface area contributed by atoms with Crippen LogP contribution in [-0.4, -0.2) is 38.1 Å². The summed E-state index contributed by atoms with van der Waals surface area (Å²) in [7, 11) is 2.22. The molecule has 1 aliphatic rings. The van der Waals surface area contributed by atoms with Crippen molar-refractivity contribution in [2.24, 2.45) is 5.92 Å². The van der Waals surface area contributed by atoms with E-state index in [0.717, 1.165) is 23.9 Å². The third-order valence-electron chi connectivity index (χ3n) is 3.43. The highest BCUT2D eigenvalue weighted by Gasteiger charge is 2.15. The monoisotopic (exact) mass is 252 g/mol. The van der Waals surface area contributed by atoms with Crippen LogP contribution in [-0.2, 0) is 6.42 Å². The van der Waals surface area contributed by atoms with Gasteiger partial charge in [0.1, 0.15) is 0 Å². The van der Waals surface area contributed by atoms with Crippen molar-refractivity contribution >= 4 is 11.6 Å². The number of hydrogen-bond donors (Lipinski definition) is 1. The molecule has 1 N–H and O–H groups in total. The van der Waals surface area contributed by atoms with Crippen molar-refractivity contribution in [3.05, 3.63) is 34.9 Å². The van der Waals surface area contributed by atoms with Gasteiger partial charge in [0.2, 0.25) is 0 Å². The Morgan fingerprint density at radius 3 is 2.76 bits per heavy atom. The lowest BCUT2D eigenvalue weighted by molar-refractivity contribution is 0.288. The average molecular weight is 253 g/mol. The van der Waals surface area contributed by atoms with Crippen LogP contribution in [0.5, 0.6) is 0 Å². The maximum absolute atomic E-state index is 5.87. The predicted octanol–water partition coefficient (Wildman–Crippen LogP) is 2.42. The van der Waals surface area contributed by atoms with E-state index in [-0.39, 0.29) is 0 Å². The van der Waals surface area contributed by atoms with Gasteiger partial charge < -0.3 is 10.2 Å². The fraction of sp³-hybridized carbons (Fsp3) is 0.571. The molecule has 17 heavy (non-hydrogen) atoms. The molecular weight excluding hydrogens is 232 g/mol. The molecule has 1 atom stereocenters. The SMILES string of the molecule is CN(CCc1ccc(Cl)cc1)CC1CCNC1. The zero-order valence-corrected chi connectivity index (χ0v) is 11.2. The van der Waals surface area contributed by atoms with E-state index in [1.165, 1.54) is 31.6 Å². The molecule has 1 fully saturated rings. The molecule has 1 aliphatic heterocycles. The summed E-state index contributed by atoms with van der Waals surface area (Å²) in [5.41, 5.74) is 1.37. The molecule has 1 aromatic carbocycles. The zero-order valence-electron chi connectivity index (χ0n) is 10.5. The number of hydrogen-bond acceptors (Lipinski definition) is 2. The quantitative estimate of drug-likeness (QED) is 0.866. The van der Waals surface area contributed by atoms with Crippen molar-refractivity contribution in [1.29, 1.82) is 0 Å². The fourth-order valence-electron chi connectivity index (χ4n) is 2.37. The molecule has 94 valence electrons. The Morgan fingerprint density at radius 1 is 1.35 bits per heavy atom. The molecule has 2 rings (SSSR count). The molecule has 0 aromatic heterocycles. The summed E-state index contributed by atoms with van der Waals surface area (Å²) in [6.07, 6.45) is 2.43. The van der Waals surface area contributed by atoms with Crippen LogP contribution < -0.4 is 5.32 Å². The summed E-state index contributed by atoms with van der Waals surface area (Å²) < 4.78 is 0. The van der Waals surface area contributed by atoms with Crippen LogP contribution in [0.15, 0.2) is 24.3 Å². The first-order chi connectivity index (χ1) is 8.24. The third-order valence-corrected chi connectivity index (χ3v) is 3.68. The number of nitrogens with zero attached hydrogens (tertiary/aromatic N) is 1. The minimum Gasteiger partial charge on any atom is -0.316 e. The van der Waals surface area contributed by atoms with Gasteiger partial charge in [0.15, 0.2) is 0 Å². The number of halogens is 1. The highest BCUT2D eigenvalue weighted by atomic mass is 35.5. The molecule has 0 amide bonds. The van der Waals surface area contributed by atoms with Gasteiger partial charge in [-0.1, -0.05) is 23.7 Å². The molecule has 1 aromatic rings. The van der Waals surface area contributed by atoms with Gasteiger partial charge in [-0.25, -0.2) is 0 Å². The first kappa shape index (κ1) is 12.9. The first-order valence-corrected chi connectivity index (χ1v) is 6.75. The van der Waals surface area contributed by atoms with Gasteiger partial charge in [-0.15, -0.1) is 0 Å². The second-order valence-corrected chi connectivity index (χ2v) is 5.43. The summed E-state index contributed by atoms with van der Waals surface area (Å²) in [5.74, 6) is 0.838. The fourth-order valence-corrected chi connectivity index (χ4v) is 2.50. The molecule has 2 nitrogen and oxygen atoms in total. The molecule has 0 saturated carbocycles. The largest absolute Gasteiger partial charge is 0.316 e. The van der Waals surface area contributed by atoms with E-state index in [2.05, 4.69) is 29.4 Å². The van der Waals surface area contributed by atoms with Gasteiger partial charge in [0.25, 0.3) is 0 Å². The van der Waals surface area contributed by atoms with Crippen LogP contribution >= 0.6 is 11.6 Å². The van der Waals surface area contributed by atoms with Crippen molar-refractivity contribution < 1.29 is 0 Å². The number of rotatable bonds is 5. The molecule has 0 spiro atoms. The summed E-state index contributed by atoms with van der Waals surface area (Å²) >= 11 is 5.87. The van der Waals surface area contributed by atoms with Crippen molar-refractivity contribution in [3.8, 4) is 0 Å². The molecule has 1 unspecified atom stereocenters. The maximum Gasteiger partial charge on any atom is 0.0406 e. The molecule has 3 heteroatoms. The average Bonchev–Trinajstić information content (AvgIpc) is 2.81. The van der Waals surface area contributed by atoms with Gasteiger partial charge in [-0.3, -0.25) is 0 Å². The normalized spacial score (nSPS) is 20.1. The number of likely N-dealkylation sites (N-methyl/N-ethyl adjacent to an activating group) is 1. The van der Waals surface area contributed by atoms with E-state index in [4.69, 9.17) is 11.6 Å². The van der Waals surface area contributed by atoms with Crippen molar-refractivity contribution in [2.75, 3.05) is 33.2 Å². The van der Waals surface area contributed by atoms with Crippen molar-refractivity contribution in [1.82, 2.24) is 10.2 Å². The molecule has 0 bridgehead atoms. The minimum atomic E-state index is 0.819. The van der Waals surface area contributed by atoms with Gasteiger partial charge in [0.05, 0.1) is 0 Å². The van der Waals surface area contributed by atoms with Crippen LogP contribution in [0, 0.1) is 5.92 Å². The van der Waals surface area contributed by atoms with Gasteiger partial charge in [-0.2, -0.15) is 0 Å². The van der Waals surface area contributed by atoms with Crippen LogP contribution in [0.25, 0.3) is 0 Å². The lowest BCUT2D eigenvalue weighted by Gasteiger charge is -2.20. The topological polar surface area (TPSA) is 15.3 Å². The summed E-state index contributed by atoms with van der Waals surface area (Å²) in [6, 6.07) is 8.18. The van der Waals surface area contributed by atoms with Crippen LogP contribution in [0.1, 0.15) is 12.0 Å². The summed E-state index contributed by atoms with van der Waals surface area (Å²) in [4.78, 5) is 2.44. The molecule has 1 heterocycles. The Balaban J connectivity index is 1.71. The van der Waals surface area contributed by atoms with Crippen molar-refractivity contribution in [3.63, 3.8) is 0 Å². The summed E-state index contributed by atoms with van der Waals surface area (Å²) in [5, 5.41) is 4.24. The first-order valence-electron chi connectivity index (χ1n) is 6.38. The van der Waals surface area contributed by atoms with E-state index >= 15 is 0 Å². The zero-order chi connectivity index (χ0) is 12.1. The van der Waals surface area contributed by atoms with E-state index in [1.54, 1.807) is 0 Å². The predicted molar refractivity (Wildman–Crippen MR) is 73.6 cm³/mol. The van der Waals surface area contributed by atoms with Gasteiger partial charge >= 0.3 is 0 Å². The van der Waals surface area contributed by atoms with Crippen molar-refractivity contribution in [2.45, 2.75) is 12.8 Å². The standard InChI is InChI=1S/C14H21ClN2/c1-17(11-13-6-8-16-10-13)9-7-12-2-4-14(15)5-3-12/h2-5,13,16H,6-11H2,1H3. The Morgan fingerprint density at radius 2 is 2.12 bits per heavy atom. The Labute approximate surface area is 109 Å². The van der Waals surface area contributed by atoms with Crippen LogP contribution in [0.3, 0.4) is 0 Å². The number of benzene rings is 1. The highest BCUT2D eigenvalue weighted by molar-refractivity contribution is 6.30. The highest BCUT2D eigenvalue weighted by Crippen LogP contribution is 2.12. The van der Waals surface area contributed by atoms with E-state index < -0.39 is 0 Å². The Kier molecular flexibility index (Phi) is 4.84. The molecule has 1 saturated heterocycles. The van der Waals surface area contributed by atoms with E-state index in [1.807, 2.05) is 12.1 Å². The molecular formula is C14H21ClN2. The lowest BCUT2D eigenvalue weighted by atomic mass is 10.1. The molecule has 0 radical (unpaired) electrons. The smallest absolute Gasteiger partial charge is 0.0406 e. The van der Waals surface area contributed by atoms with Crippen LogP contribution in [0.4, 0.5) is 0 Å². The third kappa shape index (κ3) is 4.30. The summed E-state index contributed by atoms with van der Waals surface area (Å²) in [6.45, 7) is 4.71. The Bertz CT molecular complexity index is 331. The van der Waals surface area contributed by atoms with Crippen LogP contribution in [0.2, 0.25) is 5.02 Å². The second kappa shape index (κ2) is 6.39. The maximum atomic E-state index is 5.87. The van der Waals surface area contributed by atoms with E-state index in [0.29, 0.717) is 0 Å². The molecule has 0 aliphatic carbocycles. The van der Waals surface area contributed by atoms with Gasteiger partial charge in [-0.05, 0) is 56.6 Å². The number of nitrogens with one attached hydrogen (secondary N) is 1. The minimum absolute atomic E-state index is 0.819. The van der Waals surface area contributed by atoms with E-state index in [9.17, 15) is 0 Å². The lowest BCUT2D eigenvalue weighted by Crippen LogP contribution is -2.28. The Hall–Kier alpha value is -0.570. The second-order valence-electron chi connectivity index (χ2n) is 5.00. The van der Waals surface area contributed by atoms with Gasteiger partial charge in [0, 0.05) is 18.1 Å².